The molecule has 1 amide bonds. The van der Waals surface area contributed by atoms with Gasteiger partial charge in [0.1, 0.15) is 5.75 Å². The number of amides is 1. The largest absolute Gasteiger partial charge is 0.497 e. The van der Waals surface area contributed by atoms with Crippen LogP contribution < -0.4 is 10.1 Å². The summed E-state index contributed by atoms with van der Waals surface area (Å²) in [5.74, 6) is 2.84. The van der Waals surface area contributed by atoms with Crippen LogP contribution >= 0.6 is 0 Å². The quantitative estimate of drug-likeness (QED) is 0.649. The highest BCUT2D eigenvalue weighted by Crippen LogP contribution is 2.39. The molecule has 0 saturated carbocycles. The van der Waals surface area contributed by atoms with Gasteiger partial charge in [-0.3, -0.25) is 4.79 Å². The third-order valence-electron chi connectivity index (χ3n) is 4.49. The number of methoxy groups -OCH3 is 1. The van der Waals surface area contributed by atoms with E-state index in [9.17, 15) is 9.90 Å². The maximum atomic E-state index is 12.4. The van der Waals surface area contributed by atoms with Crippen molar-refractivity contribution >= 4 is 5.91 Å². The van der Waals surface area contributed by atoms with Crippen LogP contribution in [0, 0.1) is 18.3 Å². The van der Waals surface area contributed by atoms with Gasteiger partial charge in [-0.25, -0.2) is 0 Å². The Kier molecular flexibility index (Phi) is 8.18. The molecule has 1 aromatic rings. The maximum Gasteiger partial charge on any atom is 0.286 e. The topological polar surface area (TPSA) is 77.0 Å². The Morgan fingerprint density at radius 2 is 2.11 bits per heavy atom. The molecule has 1 aliphatic heterocycles. The molecule has 2 N–H and O–H groups in total. The second kappa shape index (κ2) is 10.6. The third kappa shape index (κ3) is 5.49. The van der Waals surface area contributed by atoms with Gasteiger partial charge in [-0.15, -0.1) is 6.42 Å². The summed E-state index contributed by atoms with van der Waals surface area (Å²) in [6.45, 7) is 2.55. The van der Waals surface area contributed by atoms with Gasteiger partial charge in [-0.2, -0.15) is 0 Å². The minimum Gasteiger partial charge on any atom is -0.497 e. The lowest BCUT2D eigenvalue weighted by atomic mass is 9.80. The van der Waals surface area contributed by atoms with Crippen LogP contribution in [0.1, 0.15) is 31.2 Å². The van der Waals surface area contributed by atoms with Gasteiger partial charge in [0.15, 0.2) is 5.76 Å². The van der Waals surface area contributed by atoms with Crippen LogP contribution in [0.3, 0.4) is 0 Å². The number of carbonyl (C=O) groups is 1. The van der Waals surface area contributed by atoms with Crippen LogP contribution in [0.4, 0.5) is 0 Å². The Morgan fingerprint density at radius 1 is 1.37 bits per heavy atom. The number of hydrogen-bond acceptors (Lipinski definition) is 5. The number of terminal acetylenes is 1. The van der Waals surface area contributed by atoms with E-state index in [1.54, 1.807) is 7.11 Å². The van der Waals surface area contributed by atoms with Crippen LogP contribution in [0.5, 0.6) is 5.75 Å². The van der Waals surface area contributed by atoms with Crippen LogP contribution in [-0.4, -0.2) is 44.2 Å². The second-order valence-electron chi connectivity index (χ2n) is 6.19. The van der Waals surface area contributed by atoms with Crippen molar-refractivity contribution in [3.8, 4) is 18.1 Å². The van der Waals surface area contributed by atoms with E-state index >= 15 is 0 Å². The number of allylic oxidation sites excluding steroid dienone is 1. The van der Waals surface area contributed by atoms with E-state index in [4.69, 9.17) is 20.6 Å². The van der Waals surface area contributed by atoms with Gasteiger partial charge in [-0.05, 0) is 43.5 Å². The SMILES string of the molecule is C#CCNC(=O)C1=C[C@H](c2ccc(OC)cc2)[C@H](CCCO)[C@H](OCC)O1. The summed E-state index contributed by atoms with van der Waals surface area (Å²) in [7, 11) is 1.62. The smallest absolute Gasteiger partial charge is 0.286 e. The molecule has 0 fully saturated rings. The summed E-state index contributed by atoms with van der Waals surface area (Å²) in [4.78, 5) is 12.4. The zero-order chi connectivity index (χ0) is 19.6. The van der Waals surface area contributed by atoms with Crippen LogP contribution in [0.2, 0.25) is 0 Å². The predicted molar refractivity (Wildman–Crippen MR) is 102 cm³/mol. The monoisotopic (exact) mass is 373 g/mol. The third-order valence-corrected chi connectivity index (χ3v) is 4.49. The standard InChI is InChI=1S/C21H27NO5/c1-4-12-22-20(24)19-14-18(15-8-10-16(25-3)11-9-15)17(7-6-13-23)21(27-19)26-5-2/h1,8-11,14,17-18,21,23H,5-7,12-13H2,2-3H3,(H,22,24)/t17-,18+,21+/m0/s1. The average molecular weight is 373 g/mol. The Bertz CT molecular complexity index is 677. The molecule has 1 aromatic carbocycles. The summed E-state index contributed by atoms with van der Waals surface area (Å²) in [6.07, 6.45) is 7.77. The normalized spacial score (nSPS) is 21.6. The molecule has 6 nitrogen and oxygen atoms in total. The molecule has 0 unspecified atom stereocenters. The molecule has 0 spiro atoms. The van der Waals surface area contributed by atoms with E-state index < -0.39 is 6.29 Å². The molecule has 3 atom stereocenters. The lowest BCUT2D eigenvalue weighted by molar-refractivity contribution is -0.166. The number of ether oxygens (including phenoxy) is 3. The molecule has 1 heterocycles. The maximum absolute atomic E-state index is 12.4. The fourth-order valence-electron chi connectivity index (χ4n) is 3.19. The fraction of sp³-hybridized carbons (Fsp3) is 0.476. The summed E-state index contributed by atoms with van der Waals surface area (Å²) >= 11 is 0. The summed E-state index contributed by atoms with van der Waals surface area (Å²) in [5.41, 5.74) is 1.02. The van der Waals surface area contributed by atoms with E-state index in [0.717, 1.165) is 11.3 Å². The highest BCUT2D eigenvalue weighted by Gasteiger charge is 2.37. The van der Waals surface area contributed by atoms with Gasteiger partial charge in [0.25, 0.3) is 5.91 Å². The van der Waals surface area contributed by atoms with Gasteiger partial charge in [-0.1, -0.05) is 18.1 Å². The van der Waals surface area contributed by atoms with Crippen molar-refractivity contribution in [3.63, 3.8) is 0 Å². The van der Waals surface area contributed by atoms with Crippen LogP contribution in [0.15, 0.2) is 36.1 Å². The lowest BCUT2D eigenvalue weighted by Crippen LogP contribution is -2.39. The minimum absolute atomic E-state index is 0.0327. The molecular formula is C21H27NO5. The van der Waals surface area contributed by atoms with Crippen molar-refractivity contribution in [3.05, 3.63) is 41.7 Å². The predicted octanol–water partition coefficient (Wildman–Crippen LogP) is 2.19. The number of benzene rings is 1. The van der Waals surface area contributed by atoms with Crippen LogP contribution in [-0.2, 0) is 14.3 Å². The number of aliphatic hydroxyl groups excluding tert-OH is 1. The van der Waals surface area contributed by atoms with E-state index in [1.807, 2.05) is 37.3 Å². The second-order valence-corrected chi connectivity index (χ2v) is 6.19. The Labute approximate surface area is 160 Å². The van der Waals surface area contributed by atoms with Gasteiger partial charge >= 0.3 is 0 Å². The Balaban J connectivity index is 2.37. The van der Waals surface area contributed by atoms with Crippen molar-refractivity contribution in [2.24, 2.45) is 5.92 Å². The first-order valence-electron chi connectivity index (χ1n) is 9.11. The number of rotatable bonds is 9. The van der Waals surface area contributed by atoms with Crippen molar-refractivity contribution in [1.82, 2.24) is 5.32 Å². The molecule has 2 rings (SSSR count). The lowest BCUT2D eigenvalue weighted by Gasteiger charge is -2.37. The number of carbonyl (C=O) groups excluding carboxylic acids is 1. The summed E-state index contributed by atoms with van der Waals surface area (Å²) in [5, 5.41) is 11.9. The number of nitrogens with one attached hydrogen (secondary N) is 1. The van der Waals surface area contributed by atoms with Crippen molar-refractivity contribution in [2.75, 3.05) is 26.9 Å². The first-order valence-corrected chi connectivity index (χ1v) is 9.11. The van der Waals surface area contributed by atoms with Gasteiger partial charge in [0.2, 0.25) is 6.29 Å². The van der Waals surface area contributed by atoms with E-state index in [1.165, 1.54) is 0 Å². The Hall–Kier alpha value is -2.49. The minimum atomic E-state index is -0.578. The van der Waals surface area contributed by atoms with E-state index in [-0.39, 0.29) is 36.7 Å². The Morgan fingerprint density at radius 3 is 2.70 bits per heavy atom. The van der Waals surface area contributed by atoms with Gasteiger partial charge in [0, 0.05) is 25.0 Å². The molecule has 0 radical (unpaired) electrons. The number of aliphatic hydroxyl groups is 1. The highest BCUT2D eigenvalue weighted by molar-refractivity contribution is 5.91. The molecule has 27 heavy (non-hydrogen) atoms. The summed E-state index contributed by atoms with van der Waals surface area (Å²) in [6, 6.07) is 7.71. The van der Waals surface area contributed by atoms with Crippen molar-refractivity contribution < 1.29 is 24.1 Å². The number of hydrogen-bond donors (Lipinski definition) is 2. The van der Waals surface area contributed by atoms with Crippen LogP contribution in [0.25, 0.3) is 0 Å². The van der Waals surface area contributed by atoms with Crippen molar-refractivity contribution in [1.29, 1.82) is 0 Å². The van der Waals surface area contributed by atoms with Gasteiger partial charge < -0.3 is 24.6 Å². The zero-order valence-corrected chi connectivity index (χ0v) is 15.8. The van der Waals surface area contributed by atoms with E-state index in [0.29, 0.717) is 19.4 Å². The zero-order valence-electron chi connectivity index (χ0n) is 15.8. The molecule has 0 aliphatic carbocycles. The highest BCUT2D eigenvalue weighted by atomic mass is 16.7. The molecule has 6 heteroatoms. The molecule has 0 aromatic heterocycles. The first-order chi connectivity index (χ1) is 13.1. The fourth-order valence-corrected chi connectivity index (χ4v) is 3.19. The average Bonchev–Trinajstić information content (AvgIpc) is 2.70. The molecule has 0 saturated heterocycles. The van der Waals surface area contributed by atoms with Crippen molar-refractivity contribution in [2.45, 2.75) is 32.0 Å². The molecule has 1 aliphatic rings. The summed E-state index contributed by atoms with van der Waals surface area (Å²) < 4.78 is 16.9. The van der Waals surface area contributed by atoms with E-state index in [2.05, 4.69) is 11.2 Å². The van der Waals surface area contributed by atoms with Gasteiger partial charge in [0.05, 0.1) is 13.7 Å². The molecule has 146 valence electrons. The molecule has 0 bridgehead atoms. The molecular weight excluding hydrogens is 346 g/mol. The first kappa shape index (κ1) is 20.8.